The van der Waals surface area contributed by atoms with Crippen molar-refractivity contribution >= 4 is 0 Å². The van der Waals surface area contributed by atoms with Crippen molar-refractivity contribution in [3.05, 3.63) is 83.4 Å². The number of aromatic hydroxyl groups is 1. The minimum absolute atomic E-state index is 0.0642. The Balaban J connectivity index is 1.75. The molecule has 0 saturated carbocycles. The van der Waals surface area contributed by atoms with E-state index < -0.39 is 0 Å². The second-order valence-electron chi connectivity index (χ2n) is 7.07. The van der Waals surface area contributed by atoms with Crippen molar-refractivity contribution in [1.82, 2.24) is 15.0 Å². The van der Waals surface area contributed by atoms with Gasteiger partial charge in [0.15, 0.2) is 5.82 Å². The molecule has 0 saturated heterocycles. The zero-order valence-corrected chi connectivity index (χ0v) is 17.0. The summed E-state index contributed by atoms with van der Waals surface area (Å²) in [6.07, 6.45) is 0. The summed E-state index contributed by atoms with van der Waals surface area (Å²) in [4.78, 5) is 13.1. The zero-order valence-electron chi connectivity index (χ0n) is 17.0. The second-order valence-corrected chi connectivity index (χ2v) is 7.07. The molecule has 0 radical (unpaired) electrons. The van der Waals surface area contributed by atoms with E-state index in [-0.39, 0.29) is 23.6 Å². The number of benzene rings is 3. The van der Waals surface area contributed by atoms with Gasteiger partial charge in [-0.25, -0.2) is 0 Å². The Labute approximate surface area is 174 Å². The van der Waals surface area contributed by atoms with Gasteiger partial charge in [-0.1, -0.05) is 47.0 Å². The molecule has 30 heavy (non-hydrogen) atoms. The fourth-order valence-corrected chi connectivity index (χ4v) is 2.80. The van der Waals surface area contributed by atoms with Crippen molar-refractivity contribution in [3.8, 4) is 40.7 Å². The average molecular weight is 399 g/mol. The first-order valence-electron chi connectivity index (χ1n) is 9.51. The lowest BCUT2D eigenvalue weighted by molar-refractivity contribution is 0.398. The molecule has 4 rings (SSSR count). The van der Waals surface area contributed by atoms with Gasteiger partial charge in [-0.3, -0.25) is 0 Å². The molecule has 0 aliphatic rings. The number of aromatic nitrogens is 3. The Kier molecular flexibility index (Phi) is 5.30. The topological polar surface area (TPSA) is 77.4 Å². The fraction of sp³-hybridized carbons (Fsp3) is 0.125. The van der Waals surface area contributed by atoms with Crippen LogP contribution in [0.3, 0.4) is 0 Å². The number of nitrogens with zero attached hydrogens (tertiary/aromatic N) is 3. The molecule has 3 aromatic carbocycles. The summed E-state index contributed by atoms with van der Waals surface area (Å²) in [5.41, 5.74) is 3.67. The Hall–Kier alpha value is -3.93. The first kappa shape index (κ1) is 19.4. The van der Waals surface area contributed by atoms with E-state index in [1.54, 1.807) is 12.1 Å². The van der Waals surface area contributed by atoms with Gasteiger partial charge in [0.25, 0.3) is 0 Å². The van der Waals surface area contributed by atoms with Crippen molar-refractivity contribution in [2.75, 3.05) is 0 Å². The highest BCUT2D eigenvalue weighted by molar-refractivity contribution is 5.65. The Morgan fingerprint density at radius 2 is 1.07 bits per heavy atom. The van der Waals surface area contributed by atoms with Crippen LogP contribution < -0.4 is 9.47 Å². The molecular formula is C24H21N3O3. The molecule has 150 valence electrons. The third kappa shape index (κ3) is 4.55. The third-order valence-electron chi connectivity index (χ3n) is 4.45. The molecular weight excluding hydrogens is 378 g/mol. The highest BCUT2D eigenvalue weighted by Gasteiger charge is 2.15. The van der Waals surface area contributed by atoms with Crippen LogP contribution in [0.25, 0.3) is 11.4 Å². The molecule has 6 heteroatoms. The third-order valence-corrected chi connectivity index (χ3v) is 4.45. The van der Waals surface area contributed by atoms with Crippen LogP contribution in [0.1, 0.15) is 16.7 Å². The van der Waals surface area contributed by atoms with Gasteiger partial charge in [0.2, 0.25) is 0 Å². The Bertz CT molecular complexity index is 1110. The van der Waals surface area contributed by atoms with Crippen molar-refractivity contribution in [2.24, 2.45) is 0 Å². The first-order valence-corrected chi connectivity index (χ1v) is 9.51. The molecule has 0 aliphatic carbocycles. The smallest absolute Gasteiger partial charge is 0.328 e. The number of phenolic OH excluding ortho intramolecular Hbond substituents is 1. The van der Waals surface area contributed by atoms with Crippen LogP contribution in [-0.2, 0) is 0 Å². The van der Waals surface area contributed by atoms with Gasteiger partial charge in [0, 0.05) is 0 Å². The summed E-state index contributed by atoms with van der Waals surface area (Å²) in [6, 6.07) is 20.5. The van der Waals surface area contributed by atoms with Gasteiger partial charge >= 0.3 is 12.0 Å². The van der Waals surface area contributed by atoms with Gasteiger partial charge in [-0.2, -0.15) is 9.97 Å². The van der Waals surface area contributed by atoms with E-state index in [9.17, 15) is 5.11 Å². The molecule has 0 amide bonds. The highest BCUT2D eigenvalue weighted by Crippen LogP contribution is 2.31. The van der Waals surface area contributed by atoms with Gasteiger partial charge in [-0.05, 0) is 57.2 Å². The molecule has 0 aliphatic heterocycles. The molecule has 0 fully saturated rings. The predicted octanol–water partition coefficient (Wildman–Crippen LogP) is 5.75. The average Bonchev–Trinajstić information content (AvgIpc) is 2.73. The van der Waals surface area contributed by atoms with Crippen LogP contribution in [-0.4, -0.2) is 20.1 Å². The van der Waals surface area contributed by atoms with Gasteiger partial charge in [-0.15, -0.1) is 4.98 Å². The molecule has 0 atom stereocenters. The summed E-state index contributed by atoms with van der Waals surface area (Å²) >= 11 is 0. The van der Waals surface area contributed by atoms with Crippen molar-refractivity contribution in [1.29, 1.82) is 0 Å². The second kappa shape index (κ2) is 8.21. The molecule has 0 unspecified atom stereocenters. The first-order chi connectivity index (χ1) is 14.5. The predicted molar refractivity (Wildman–Crippen MR) is 114 cm³/mol. The molecule has 0 spiro atoms. The van der Waals surface area contributed by atoms with Gasteiger partial charge in [0.1, 0.15) is 17.2 Å². The maximum atomic E-state index is 10.3. The number of hydrogen-bond acceptors (Lipinski definition) is 6. The summed E-state index contributed by atoms with van der Waals surface area (Å²) in [5.74, 6) is 1.50. The maximum absolute atomic E-state index is 10.3. The lowest BCUT2D eigenvalue weighted by atomic mass is 10.1. The van der Waals surface area contributed by atoms with Crippen molar-refractivity contribution in [2.45, 2.75) is 20.8 Å². The summed E-state index contributed by atoms with van der Waals surface area (Å²) in [6.45, 7) is 5.93. The van der Waals surface area contributed by atoms with E-state index in [0.29, 0.717) is 17.1 Å². The van der Waals surface area contributed by atoms with E-state index in [0.717, 1.165) is 16.7 Å². The van der Waals surface area contributed by atoms with E-state index in [1.807, 2.05) is 75.4 Å². The number of aryl methyl sites for hydroxylation is 3. The van der Waals surface area contributed by atoms with Crippen molar-refractivity contribution < 1.29 is 14.6 Å². The minimum Gasteiger partial charge on any atom is -0.507 e. The Morgan fingerprint density at radius 3 is 1.57 bits per heavy atom. The Morgan fingerprint density at radius 1 is 0.600 bits per heavy atom. The van der Waals surface area contributed by atoms with E-state index in [4.69, 9.17) is 9.47 Å². The summed E-state index contributed by atoms with van der Waals surface area (Å²) in [5, 5.41) is 10.3. The summed E-state index contributed by atoms with van der Waals surface area (Å²) < 4.78 is 11.7. The minimum atomic E-state index is 0.0642. The zero-order chi connectivity index (χ0) is 21.1. The number of ether oxygens (including phenoxy) is 2. The van der Waals surface area contributed by atoms with Crippen LogP contribution in [0, 0.1) is 20.8 Å². The SMILES string of the molecule is Cc1ccc(Oc2nc(Oc3ccc(C)cc3)nc(-c3cc(C)ccc3O)n2)cc1. The van der Waals surface area contributed by atoms with Crippen LogP contribution in [0.5, 0.6) is 29.3 Å². The van der Waals surface area contributed by atoms with E-state index >= 15 is 0 Å². The lowest BCUT2D eigenvalue weighted by Crippen LogP contribution is -2.01. The lowest BCUT2D eigenvalue weighted by Gasteiger charge is -2.10. The molecule has 4 aromatic rings. The van der Waals surface area contributed by atoms with Crippen molar-refractivity contribution in [3.63, 3.8) is 0 Å². The highest BCUT2D eigenvalue weighted by atomic mass is 16.5. The van der Waals surface area contributed by atoms with Crippen LogP contribution in [0.2, 0.25) is 0 Å². The number of phenols is 1. The quantitative estimate of drug-likeness (QED) is 0.460. The normalized spacial score (nSPS) is 10.6. The molecule has 1 heterocycles. The largest absolute Gasteiger partial charge is 0.507 e. The number of rotatable bonds is 5. The van der Waals surface area contributed by atoms with Gasteiger partial charge < -0.3 is 14.6 Å². The standard InChI is InChI=1S/C24H21N3O3/c1-15-4-9-18(10-5-15)29-23-25-22(20-14-17(3)8-13-21(20)28)26-24(27-23)30-19-11-6-16(2)7-12-19/h4-14,28H,1-3H3. The number of hydrogen-bond donors (Lipinski definition) is 1. The molecule has 6 nitrogen and oxygen atoms in total. The van der Waals surface area contributed by atoms with E-state index in [1.165, 1.54) is 0 Å². The monoisotopic (exact) mass is 399 g/mol. The fourth-order valence-electron chi connectivity index (χ4n) is 2.80. The summed E-state index contributed by atoms with van der Waals surface area (Å²) in [7, 11) is 0. The van der Waals surface area contributed by atoms with Gasteiger partial charge in [0.05, 0.1) is 5.56 Å². The molecule has 1 aromatic heterocycles. The van der Waals surface area contributed by atoms with Crippen LogP contribution in [0.4, 0.5) is 0 Å². The van der Waals surface area contributed by atoms with Crippen LogP contribution in [0.15, 0.2) is 66.7 Å². The molecule has 1 N–H and O–H groups in total. The van der Waals surface area contributed by atoms with Crippen LogP contribution >= 0.6 is 0 Å². The maximum Gasteiger partial charge on any atom is 0.328 e. The molecule has 0 bridgehead atoms. The van der Waals surface area contributed by atoms with E-state index in [2.05, 4.69) is 15.0 Å².